The van der Waals surface area contributed by atoms with Crippen molar-refractivity contribution in [3.05, 3.63) is 66.2 Å². The summed E-state index contributed by atoms with van der Waals surface area (Å²) in [6.45, 7) is 0.110. The Kier molecular flexibility index (Phi) is 7.14. The molecule has 3 aromatic carbocycles. The molecule has 0 radical (unpaired) electrons. The second kappa shape index (κ2) is 9.80. The number of amides is 1. The molecule has 0 heterocycles. The van der Waals surface area contributed by atoms with E-state index in [9.17, 15) is 13.2 Å². The summed E-state index contributed by atoms with van der Waals surface area (Å²) >= 11 is 0. The molecule has 164 valence electrons. The summed E-state index contributed by atoms with van der Waals surface area (Å²) in [7, 11) is 0.758. The zero-order valence-corrected chi connectivity index (χ0v) is 18.6. The molecule has 0 aromatic heterocycles. The number of nitrogens with one attached hydrogen (secondary N) is 1. The Bertz CT molecular complexity index is 1180. The maximum atomic E-state index is 12.9. The van der Waals surface area contributed by atoms with Crippen LogP contribution in [0.5, 0.6) is 11.5 Å². The minimum Gasteiger partial charge on any atom is -0.493 e. The summed E-state index contributed by atoms with van der Waals surface area (Å²) in [4.78, 5) is 12.5. The van der Waals surface area contributed by atoms with E-state index in [4.69, 9.17) is 9.47 Å². The number of carbonyl (C=O) groups is 1. The van der Waals surface area contributed by atoms with Gasteiger partial charge in [-0.3, -0.25) is 4.79 Å². The van der Waals surface area contributed by atoms with Crippen LogP contribution in [0.2, 0.25) is 0 Å². The van der Waals surface area contributed by atoms with Gasteiger partial charge in [0, 0.05) is 13.6 Å². The van der Waals surface area contributed by atoms with E-state index < -0.39 is 10.0 Å². The van der Waals surface area contributed by atoms with Crippen molar-refractivity contribution in [1.82, 2.24) is 9.62 Å². The number of nitrogens with zero attached hydrogens (tertiary/aromatic N) is 1. The predicted octanol–water partition coefficient (Wildman–Crippen LogP) is 2.84. The van der Waals surface area contributed by atoms with Gasteiger partial charge in [0.1, 0.15) is 0 Å². The van der Waals surface area contributed by atoms with Gasteiger partial charge in [0.2, 0.25) is 15.9 Å². The van der Waals surface area contributed by atoms with Gasteiger partial charge in [-0.1, -0.05) is 36.4 Å². The highest BCUT2D eigenvalue weighted by atomic mass is 32.2. The van der Waals surface area contributed by atoms with Gasteiger partial charge in [-0.15, -0.1) is 0 Å². The van der Waals surface area contributed by atoms with Gasteiger partial charge < -0.3 is 14.8 Å². The highest BCUT2D eigenvalue weighted by molar-refractivity contribution is 7.89. The molecule has 0 aliphatic heterocycles. The Hall–Kier alpha value is -3.10. The third kappa shape index (κ3) is 5.34. The topological polar surface area (TPSA) is 84.9 Å². The number of benzene rings is 3. The van der Waals surface area contributed by atoms with Crippen molar-refractivity contribution in [3.63, 3.8) is 0 Å². The smallest absolute Gasteiger partial charge is 0.243 e. The molecule has 7 nitrogen and oxygen atoms in total. The van der Waals surface area contributed by atoms with Crippen LogP contribution in [0.3, 0.4) is 0 Å². The largest absolute Gasteiger partial charge is 0.493 e. The number of ether oxygens (including phenoxy) is 2. The molecule has 31 heavy (non-hydrogen) atoms. The molecule has 0 saturated carbocycles. The molecule has 0 spiro atoms. The first-order valence-electron chi connectivity index (χ1n) is 9.78. The molecule has 0 atom stereocenters. The van der Waals surface area contributed by atoms with Gasteiger partial charge >= 0.3 is 0 Å². The molecule has 8 heteroatoms. The van der Waals surface area contributed by atoms with E-state index in [-0.39, 0.29) is 17.3 Å². The Morgan fingerprint density at radius 2 is 1.65 bits per heavy atom. The Labute approximate surface area is 182 Å². The minimum atomic E-state index is -3.78. The van der Waals surface area contributed by atoms with Crippen LogP contribution in [0, 0.1) is 0 Å². The number of likely N-dealkylation sites (N-methyl/N-ethyl adjacent to an activating group) is 1. The lowest BCUT2D eigenvalue weighted by molar-refractivity contribution is -0.121. The van der Waals surface area contributed by atoms with Gasteiger partial charge in [0.15, 0.2) is 11.5 Å². The van der Waals surface area contributed by atoms with E-state index in [1.807, 2.05) is 36.4 Å². The normalized spacial score (nSPS) is 11.5. The highest BCUT2D eigenvalue weighted by Gasteiger charge is 2.23. The summed E-state index contributed by atoms with van der Waals surface area (Å²) in [5.74, 6) is 0.885. The van der Waals surface area contributed by atoms with Gasteiger partial charge in [0.25, 0.3) is 0 Å². The molecule has 0 aliphatic carbocycles. The lowest BCUT2D eigenvalue weighted by atomic mass is 10.1. The van der Waals surface area contributed by atoms with Crippen molar-refractivity contribution >= 4 is 26.7 Å². The first kappa shape index (κ1) is 22.6. The number of methoxy groups -OCH3 is 2. The number of rotatable bonds is 9. The van der Waals surface area contributed by atoms with Gasteiger partial charge in [-0.25, -0.2) is 8.42 Å². The SMILES string of the molecule is COc1ccc(CCNC(=O)CN(C)S(=O)(=O)c2ccc3ccccc3c2)cc1OC. The molecular formula is C23H26N2O5S. The third-order valence-electron chi connectivity index (χ3n) is 4.98. The molecule has 0 bridgehead atoms. The average molecular weight is 443 g/mol. The fourth-order valence-corrected chi connectivity index (χ4v) is 4.40. The van der Waals surface area contributed by atoms with Crippen LogP contribution in [-0.4, -0.2) is 53.0 Å². The first-order valence-corrected chi connectivity index (χ1v) is 11.2. The Morgan fingerprint density at radius 3 is 2.35 bits per heavy atom. The second-order valence-corrected chi connectivity index (χ2v) is 9.10. The molecule has 1 N–H and O–H groups in total. The number of sulfonamides is 1. The molecule has 0 saturated heterocycles. The highest BCUT2D eigenvalue weighted by Crippen LogP contribution is 2.27. The van der Waals surface area contributed by atoms with Gasteiger partial charge in [0.05, 0.1) is 25.7 Å². The van der Waals surface area contributed by atoms with E-state index in [1.54, 1.807) is 38.5 Å². The third-order valence-corrected chi connectivity index (χ3v) is 6.78. The number of hydrogen-bond donors (Lipinski definition) is 1. The van der Waals surface area contributed by atoms with E-state index in [2.05, 4.69) is 5.32 Å². The summed E-state index contributed by atoms with van der Waals surface area (Å²) in [6, 6.07) is 18.0. The van der Waals surface area contributed by atoms with Crippen LogP contribution in [0.4, 0.5) is 0 Å². The van der Waals surface area contributed by atoms with Crippen LogP contribution in [0.1, 0.15) is 5.56 Å². The summed E-state index contributed by atoms with van der Waals surface area (Å²) in [5.41, 5.74) is 0.968. The Balaban J connectivity index is 1.58. The van der Waals surface area contributed by atoms with Crippen LogP contribution in [0.25, 0.3) is 10.8 Å². The van der Waals surface area contributed by atoms with Crippen molar-refractivity contribution in [1.29, 1.82) is 0 Å². The fraction of sp³-hybridized carbons (Fsp3) is 0.261. The van der Waals surface area contributed by atoms with Crippen molar-refractivity contribution in [2.45, 2.75) is 11.3 Å². The number of fused-ring (bicyclic) bond motifs is 1. The summed E-state index contributed by atoms with van der Waals surface area (Å²) in [6.07, 6.45) is 0.577. The first-order chi connectivity index (χ1) is 14.8. The van der Waals surface area contributed by atoms with Crippen molar-refractivity contribution in [2.24, 2.45) is 0 Å². The minimum absolute atomic E-state index is 0.159. The molecule has 1 amide bonds. The van der Waals surface area contributed by atoms with Crippen LogP contribution in [-0.2, 0) is 21.2 Å². The monoisotopic (exact) mass is 442 g/mol. The van der Waals surface area contributed by atoms with E-state index in [1.165, 1.54) is 7.05 Å². The molecule has 0 aliphatic rings. The lowest BCUT2D eigenvalue weighted by Gasteiger charge is -2.17. The quantitative estimate of drug-likeness (QED) is 0.551. The maximum Gasteiger partial charge on any atom is 0.243 e. The summed E-state index contributed by atoms with van der Waals surface area (Å²) in [5, 5.41) is 4.55. The lowest BCUT2D eigenvalue weighted by Crippen LogP contribution is -2.39. The molecule has 3 aromatic rings. The standard InChI is InChI=1S/C23H26N2O5S/c1-25(31(27,28)20-10-9-18-6-4-5-7-19(18)15-20)16-23(26)24-13-12-17-8-11-21(29-2)22(14-17)30-3/h4-11,14-15H,12-13,16H2,1-3H3,(H,24,26). The fourth-order valence-electron chi connectivity index (χ4n) is 3.23. The maximum absolute atomic E-state index is 12.9. The van der Waals surface area contributed by atoms with Crippen LogP contribution in [0.15, 0.2) is 65.6 Å². The van der Waals surface area contributed by atoms with E-state index in [0.717, 1.165) is 20.6 Å². The molecule has 0 unspecified atom stereocenters. The summed E-state index contributed by atoms with van der Waals surface area (Å²) < 4.78 is 37.3. The van der Waals surface area contributed by atoms with Crippen LogP contribution >= 0.6 is 0 Å². The molecular weight excluding hydrogens is 416 g/mol. The zero-order valence-electron chi connectivity index (χ0n) is 17.8. The van der Waals surface area contributed by atoms with Crippen molar-refractivity contribution in [2.75, 3.05) is 34.4 Å². The average Bonchev–Trinajstić information content (AvgIpc) is 2.78. The van der Waals surface area contributed by atoms with Gasteiger partial charge in [-0.05, 0) is 47.0 Å². The van der Waals surface area contributed by atoms with Crippen LogP contribution < -0.4 is 14.8 Å². The molecule has 0 fully saturated rings. The van der Waals surface area contributed by atoms with Gasteiger partial charge in [-0.2, -0.15) is 4.31 Å². The zero-order chi connectivity index (χ0) is 22.4. The predicted molar refractivity (Wildman–Crippen MR) is 120 cm³/mol. The second-order valence-electron chi connectivity index (χ2n) is 7.06. The van der Waals surface area contributed by atoms with E-state index in [0.29, 0.717) is 24.5 Å². The van der Waals surface area contributed by atoms with E-state index >= 15 is 0 Å². The van der Waals surface area contributed by atoms with Crippen molar-refractivity contribution in [3.8, 4) is 11.5 Å². The number of carbonyl (C=O) groups excluding carboxylic acids is 1. The number of hydrogen-bond acceptors (Lipinski definition) is 5. The van der Waals surface area contributed by atoms with Crippen molar-refractivity contribution < 1.29 is 22.7 Å². The molecule has 3 rings (SSSR count). The Morgan fingerprint density at radius 1 is 0.935 bits per heavy atom.